The Morgan fingerprint density at radius 2 is 1.90 bits per heavy atom. The number of likely N-dealkylation sites (N-methyl/N-ethyl adjacent to an activating group) is 1. The second-order valence-electron chi connectivity index (χ2n) is 5.37. The summed E-state index contributed by atoms with van der Waals surface area (Å²) in [4.78, 5) is 24.3. The fourth-order valence-electron chi connectivity index (χ4n) is 1.55. The molecule has 1 aromatic rings. The third kappa shape index (κ3) is 3.50. The normalized spacial score (nSPS) is 11.1. The number of amides is 1. The van der Waals surface area contributed by atoms with Crippen LogP contribution in [-0.2, 0) is 9.59 Å². The molecule has 0 aromatic heterocycles. The molecule has 1 rings (SSSR count). The van der Waals surface area contributed by atoms with Gasteiger partial charge in [-0.1, -0.05) is 12.1 Å². The van der Waals surface area contributed by atoms with Gasteiger partial charge in [0.05, 0.1) is 0 Å². The summed E-state index contributed by atoms with van der Waals surface area (Å²) in [7, 11) is 1.46. The van der Waals surface area contributed by atoms with Crippen LogP contribution in [0.15, 0.2) is 18.2 Å². The number of aliphatic carboxylic acids is 1. The monoisotopic (exact) mass is 279 g/mol. The molecule has 0 aliphatic rings. The zero-order valence-electron chi connectivity index (χ0n) is 12.6. The molecule has 0 heterocycles. The Morgan fingerprint density at radius 3 is 2.45 bits per heavy atom. The van der Waals surface area contributed by atoms with E-state index in [9.17, 15) is 9.59 Å². The topological polar surface area (TPSA) is 66.8 Å². The molecule has 1 N–H and O–H groups in total. The highest BCUT2D eigenvalue weighted by Gasteiger charge is 2.35. The average Bonchev–Trinajstić information content (AvgIpc) is 2.38. The molecule has 0 aliphatic heterocycles. The van der Waals surface area contributed by atoms with Crippen LogP contribution in [-0.4, -0.2) is 41.1 Å². The second-order valence-corrected chi connectivity index (χ2v) is 5.37. The van der Waals surface area contributed by atoms with Crippen molar-refractivity contribution >= 4 is 11.9 Å². The van der Waals surface area contributed by atoms with Gasteiger partial charge in [0.25, 0.3) is 5.91 Å². The third-order valence-corrected chi connectivity index (χ3v) is 3.43. The first kappa shape index (κ1) is 16.0. The van der Waals surface area contributed by atoms with Crippen LogP contribution >= 0.6 is 0 Å². The summed E-state index contributed by atoms with van der Waals surface area (Å²) >= 11 is 0. The summed E-state index contributed by atoms with van der Waals surface area (Å²) in [6, 6.07) is 5.73. The Morgan fingerprint density at radius 1 is 1.30 bits per heavy atom. The van der Waals surface area contributed by atoms with E-state index in [1.54, 1.807) is 0 Å². The van der Waals surface area contributed by atoms with Crippen LogP contribution in [0.5, 0.6) is 5.75 Å². The fourth-order valence-corrected chi connectivity index (χ4v) is 1.55. The van der Waals surface area contributed by atoms with Crippen molar-refractivity contribution in [3.63, 3.8) is 0 Å². The van der Waals surface area contributed by atoms with Crippen molar-refractivity contribution in [3.8, 4) is 5.75 Å². The third-order valence-electron chi connectivity index (χ3n) is 3.43. The largest absolute Gasteiger partial charge is 0.483 e. The molecule has 20 heavy (non-hydrogen) atoms. The van der Waals surface area contributed by atoms with Crippen molar-refractivity contribution in [2.75, 3.05) is 13.7 Å². The number of ether oxygens (including phenoxy) is 1. The predicted molar refractivity (Wildman–Crippen MR) is 75.9 cm³/mol. The first-order chi connectivity index (χ1) is 9.16. The summed E-state index contributed by atoms with van der Waals surface area (Å²) in [6.45, 7) is 6.60. The van der Waals surface area contributed by atoms with Gasteiger partial charge in [-0.2, -0.15) is 0 Å². The number of carbonyl (C=O) groups excluding carboxylic acids is 1. The van der Waals surface area contributed by atoms with E-state index in [1.807, 2.05) is 32.0 Å². The van der Waals surface area contributed by atoms with Crippen LogP contribution in [0, 0.1) is 13.8 Å². The zero-order chi connectivity index (χ0) is 15.5. The minimum Gasteiger partial charge on any atom is -0.483 e. The molecular formula is C15H21NO4. The van der Waals surface area contributed by atoms with Crippen LogP contribution in [0.2, 0.25) is 0 Å². The van der Waals surface area contributed by atoms with Gasteiger partial charge in [-0.15, -0.1) is 0 Å². The summed E-state index contributed by atoms with van der Waals surface area (Å²) in [5.74, 6) is -0.793. The number of carboxylic acid groups (broad SMARTS) is 1. The summed E-state index contributed by atoms with van der Waals surface area (Å²) in [5, 5.41) is 9.09. The maximum absolute atomic E-state index is 12.0. The number of benzene rings is 1. The van der Waals surface area contributed by atoms with Crippen LogP contribution in [0.4, 0.5) is 0 Å². The standard InChI is InChI=1S/C15H21NO4/c1-10-6-7-11(2)12(8-10)20-9-13(17)16(5)15(3,4)14(18)19/h6-8H,9H2,1-5H3,(H,18,19). The minimum absolute atomic E-state index is 0.183. The predicted octanol–water partition coefficient (Wildman–Crippen LogP) is 2.00. The first-order valence-electron chi connectivity index (χ1n) is 6.36. The van der Waals surface area contributed by atoms with Crippen LogP contribution in [0.1, 0.15) is 25.0 Å². The van der Waals surface area contributed by atoms with Crippen LogP contribution in [0.25, 0.3) is 0 Å². The van der Waals surface area contributed by atoms with E-state index in [0.29, 0.717) is 5.75 Å². The lowest BCUT2D eigenvalue weighted by Crippen LogP contribution is -2.52. The number of hydrogen-bond acceptors (Lipinski definition) is 3. The molecule has 0 unspecified atom stereocenters. The molecule has 0 bridgehead atoms. The Bertz CT molecular complexity index is 523. The van der Waals surface area contributed by atoms with E-state index in [1.165, 1.54) is 25.8 Å². The number of carbonyl (C=O) groups is 2. The highest BCUT2D eigenvalue weighted by molar-refractivity contribution is 5.86. The molecule has 0 fully saturated rings. The highest BCUT2D eigenvalue weighted by atomic mass is 16.5. The van der Waals surface area contributed by atoms with E-state index in [2.05, 4.69) is 0 Å². The Hall–Kier alpha value is -2.04. The molecule has 5 nitrogen and oxygen atoms in total. The molecule has 0 saturated heterocycles. The first-order valence-corrected chi connectivity index (χ1v) is 6.36. The Balaban J connectivity index is 2.73. The molecule has 0 spiro atoms. The summed E-state index contributed by atoms with van der Waals surface area (Å²) in [5.41, 5.74) is 0.711. The molecule has 0 aliphatic carbocycles. The molecule has 1 amide bonds. The van der Waals surface area contributed by atoms with Crippen molar-refractivity contribution in [2.24, 2.45) is 0 Å². The van der Waals surface area contributed by atoms with Crippen molar-refractivity contribution in [3.05, 3.63) is 29.3 Å². The van der Waals surface area contributed by atoms with Gasteiger partial charge in [-0.25, -0.2) is 4.79 Å². The quantitative estimate of drug-likeness (QED) is 0.895. The van der Waals surface area contributed by atoms with Crippen LogP contribution < -0.4 is 4.74 Å². The number of nitrogens with zero attached hydrogens (tertiary/aromatic N) is 1. The lowest BCUT2D eigenvalue weighted by atomic mass is 10.0. The minimum atomic E-state index is -1.26. The van der Waals surface area contributed by atoms with Gasteiger partial charge >= 0.3 is 5.97 Å². The van der Waals surface area contributed by atoms with E-state index in [0.717, 1.165) is 11.1 Å². The van der Waals surface area contributed by atoms with E-state index in [-0.39, 0.29) is 12.5 Å². The van der Waals surface area contributed by atoms with Gasteiger partial charge < -0.3 is 14.7 Å². The average molecular weight is 279 g/mol. The lowest BCUT2D eigenvalue weighted by molar-refractivity contribution is -0.156. The molecule has 0 radical (unpaired) electrons. The smallest absolute Gasteiger partial charge is 0.329 e. The Labute approximate surface area is 119 Å². The van der Waals surface area contributed by atoms with Gasteiger partial charge in [0.1, 0.15) is 11.3 Å². The zero-order valence-corrected chi connectivity index (χ0v) is 12.6. The van der Waals surface area contributed by atoms with Gasteiger partial charge in [-0.3, -0.25) is 4.79 Å². The van der Waals surface area contributed by atoms with Crippen molar-refractivity contribution in [1.29, 1.82) is 0 Å². The lowest BCUT2D eigenvalue weighted by Gasteiger charge is -2.31. The maximum Gasteiger partial charge on any atom is 0.329 e. The fraction of sp³-hybridized carbons (Fsp3) is 0.467. The van der Waals surface area contributed by atoms with Crippen molar-refractivity contribution in [1.82, 2.24) is 4.90 Å². The van der Waals surface area contributed by atoms with E-state index in [4.69, 9.17) is 9.84 Å². The van der Waals surface area contributed by atoms with E-state index < -0.39 is 11.5 Å². The van der Waals surface area contributed by atoms with E-state index >= 15 is 0 Å². The highest BCUT2D eigenvalue weighted by Crippen LogP contribution is 2.19. The molecular weight excluding hydrogens is 258 g/mol. The summed E-state index contributed by atoms with van der Waals surface area (Å²) in [6.07, 6.45) is 0. The van der Waals surface area contributed by atoms with Gasteiger partial charge in [0, 0.05) is 7.05 Å². The number of carboxylic acids is 1. The second kappa shape index (κ2) is 5.94. The number of hydrogen-bond donors (Lipinski definition) is 1. The molecule has 1 aromatic carbocycles. The molecule has 0 atom stereocenters. The Kier molecular flexibility index (Phi) is 4.76. The summed E-state index contributed by atoms with van der Waals surface area (Å²) < 4.78 is 5.49. The van der Waals surface area contributed by atoms with Gasteiger partial charge in [0.2, 0.25) is 0 Å². The molecule has 5 heteroatoms. The maximum atomic E-state index is 12.0. The molecule has 0 saturated carbocycles. The number of aryl methyl sites for hydroxylation is 2. The van der Waals surface area contributed by atoms with Crippen molar-refractivity contribution in [2.45, 2.75) is 33.2 Å². The van der Waals surface area contributed by atoms with Crippen LogP contribution in [0.3, 0.4) is 0 Å². The van der Waals surface area contributed by atoms with Crippen molar-refractivity contribution < 1.29 is 19.4 Å². The SMILES string of the molecule is Cc1ccc(C)c(OCC(=O)N(C)C(C)(C)C(=O)O)c1. The molecule has 110 valence electrons. The number of rotatable bonds is 5. The van der Waals surface area contributed by atoms with Gasteiger partial charge in [-0.05, 0) is 44.9 Å². The van der Waals surface area contributed by atoms with Gasteiger partial charge in [0.15, 0.2) is 6.61 Å².